The largest absolute Gasteiger partial charge is 0.444 e. The van der Waals surface area contributed by atoms with Crippen LogP contribution in [0.5, 0.6) is 0 Å². The maximum absolute atomic E-state index is 14.2. The van der Waals surface area contributed by atoms with Crippen LogP contribution in [0.25, 0.3) is 0 Å². The van der Waals surface area contributed by atoms with E-state index in [1.165, 1.54) is 23.9 Å². The number of hydrogen-bond acceptors (Lipinski definition) is 5. The number of rotatable bonds is 5. The Hall–Kier alpha value is -2.58. The molecule has 9 heteroatoms. The third-order valence-corrected chi connectivity index (χ3v) is 6.76. The van der Waals surface area contributed by atoms with Gasteiger partial charge in [0, 0.05) is 22.3 Å². The second-order valence-electron chi connectivity index (χ2n) is 9.80. The van der Waals surface area contributed by atoms with Crippen LogP contribution in [-0.4, -0.2) is 41.2 Å². The molecule has 0 saturated heterocycles. The van der Waals surface area contributed by atoms with E-state index in [4.69, 9.17) is 16.3 Å². The van der Waals surface area contributed by atoms with Crippen molar-refractivity contribution in [2.75, 3.05) is 5.75 Å². The maximum Gasteiger partial charge on any atom is 0.408 e. The minimum atomic E-state index is -0.822. The average Bonchev–Trinajstić information content (AvgIpc) is 2.86. The molecule has 1 unspecified atom stereocenters. The molecule has 6 nitrogen and oxygen atoms in total. The van der Waals surface area contributed by atoms with E-state index in [2.05, 4.69) is 10.6 Å². The van der Waals surface area contributed by atoms with E-state index in [0.717, 1.165) is 4.90 Å². The van der Waals surface area contributed by atoms with Crippen molar-refractivity contribution in [3.8, 4) is 0 Å². The summed E-state index contributed by atoms with van der Waals surface area (Å²) in [5, 5.41) is 5.55. The van der Waals surface area contributed by atoms with Gasteiger partial charge in [0.25, 0.3) is 5.91 Å². The topological polar surface area (TPSA) is 84.5 Å². The molecule has 1 aliphatic heterocycles. The molecule has 0 radical (unpaired) electrons. The van der Waals surface area contributed by atoms with Crippen LogP contribution in [0.2, 0.25) is 5.02 Å². The van der Waals surface area contributed by atoms with Crippen molar-refractivity contribution in [2.45, 2.75) is 69.5 Å². The number of Topliss-reactive ketones (excluding diaryl/α,β-unsaturated/α-hetero) is 1. The highest BCUT2D eigenvalue weighted by molar-refractivity contribution is 7.99. The van der Waals surface area contributed by atoms with Gasteiger partial charge in [-0.25, -0.2) is 9.18 Å². The molecular formula is C26H30ClFN2O4S. The Morgan fingerprint density at radius 2 is 1.91 bits per heavy atom. The summed E-state index contributed by atoms with van der Waals surface area (Å²) in [6.45, 7) is 8.96. The van der Waals surface area contributed by atoms with Crippen LogP contribution in [0.1, 0.15) is 62.0 Å². The molecule has 0 fully saturated rings. The number of amides is 2. The van der Waals surface area contributed by atoms with Crippen LogP contribution in [0.3, 0.4) is 0 Å². The van der Waals surface area contributed by atoms with E-state index in [9.17, 15) is 18.8 Å². The zero-order chi connectivity index (χ0) is 25.9. The molecule has 0 aromatic heterocycles. The molecule has 2 aromatic carbocycles. The van der Waals surface area contributed by atoms with Crippen LogP contribution in [-0.2, 0) is 16.0 Å². The maximum atomic E-state index is 14.2. The summed E-state index contributed by atoms with van der Waals surface area (Å²) >= 11 is 7.26. The van der Waals surface area contributed by atoms with Gasteiger partial charge in [-0.1, -0.05) is 17.7 Å². The lowest BCUT2D eigenvalue weighted by molar-refractivity contribution is -0.122. The minimum Gasteiger partial charge on any atom is -0.444 e. The fourth-order valence-electron chi connectivity index (χ4n) is 3.77. The summed E-state index contributed by atoms with van der Waals surface area (Å²) in [7, 11) is 0. The Morgan fingerprint density at radius 3 is 2.54 bits per heavy atom. The minimum absolute atomic E-state index is 0.00555. The second kappa shape index (κ2) is 11.0. The van der Waals surface area contributed by atoms with Crippen LogP contribution in [0.15, 0.2) is 41.3 Å². The highest BCUT2D eigenvalue weighted by Crippen LogP contribution is 2.37. The number of alkyl carbamates (subject to hydrolysis) is 1. The van der Waals surface area contributed by atoms with Gasteiger partial charge in [0.05, 0.1) is 10.9 Å². The predicted molar refractivity (Wildman–Crippen MR) is 136 cm³/mol. The number of ether oxygens (including phenoxy) is 1. The number of thioether (sulfide) groups is 1. The summed E-state index contributed by atoms with van der Waals surface area (Å²) < 4.78 is 19.5. The van der Waals surface area contributed by atoms with Gasteiger partial charge in [0.2, 0.25) is 0 Å². The Kier molecular flexibility index (Phi) is 8.49. The SMILES string of the molecule is CC(C)NC(=O)c1ccc2c(c1)C(Cc1ccc(Cl)c(F)c1)C(=O)[C@@H](NC(=O)OC(C)(C)C)CS2. The van der Waals surface area contributed by atoms with Gasteiger partial charge in [0.1, 0.15) is 17.5 Å². The zero-order valence-electron chi connectivity index (χ0n) is 20.4. The molecule has 0 spiro atoms. The normalized spacial score (nSPS) is 18.0. The van der Waals surface area contributed by atoms with Gasteiger partial charge in [-0.2, -0.15) is 0 Å². The van der Waals surface area contributed by atoms with E-state index < -0.39 is 29.5 Å². The number of hydrogen-bond donors (Lipinski definition) is 2. The molecule has 2 aromatic rings. The van der Waals surface area contributed by atoms with Crippen molar-refractivity contribution in [2.24, 2.45) is 0 Å². The highest BCUT2D eigenvalue weighted by Gasteiger charge is 2.35. The summed E-state index contributed by atoms with van der Waals surface area (Å²) in [5.41, 5.74) is 0.959. The van der Waals surface area contributed by atoms with Crippen molar-refractivity contribution in [3.05, 3.63) is 63.9 Å². The molecule has 0 saturated carbocycles. The van der Waals surface area contributed by atoms with Crippen LogP contribution >= 0.6 is 23.4 Å². The molecule has 1 aliphatic rings. The van der Waals surface area contributed by atoms with Gasteiger partial charge in [-0.05, 0) is 82.5 Å². The molecule has 2 N–H and O–H groups in total. The first-order valence-electron chi connectivity index (χ1n) is 11.4. The van der Waals surface area contributed by atoms with E-state index in [-0.39, 0.29) is 29.2 Å². The number of carbonyl (C=O) groups excluding carboxylic acids is 3. The molecular weight excluding hydrogens is 491 g/mol. The first-order valence-corrected chi connectivity index (χ1v) is 12.7. The number of benzene rings is 2. The zero-order valence-corrected chi connectivity index (χ0v) is 22.0. The third-order valence-electron chi connectivity index (χ3n) is 5.27. The highest BCUT2D eigenvalue weighted by atomic mass is 35.5. The fourth-order valence-corrected chi connectivity index (χ4v) is 5.01. The molecule has 0 aliphatic carbocycles. The predicted octanol–water partition coefficient (Wildman–Crippen LogP) is 5.51. The van der Waals surface area contributed by atoms with Gasteiger partial charge in [0.15, 0.2) is 5.78 Å². The first kappa shape index (κ1) is 27.0. The summed E-state index contributed by atoms with van der Waals surface area (Å²) in [4.78, 5) is 39.6. The first-order chi connectivity index (χ1) is 16.3. The Balaban J connectivity index is 1.99. The standard InChI is InChI=1S/C26H30ClFN2O4S/c1-14(2)29-24(32)16-7-9-22-17(12-16)18(10-15-6-8-19(27)20(28)11-15)23(31)21(13-35-22)30-25(33)34-26(3,4)5/h6-9,11-12,14,18,21H,10,13H2,1-5H3,(H,29,32)(H,30,33)/t18?,21-/m0/s1. The number of ketones is 1. The molecule has 35 heavy (non-hydrogen) atoms. The van der Waals surface area contributed by atoms with Crippen LogP contribution in [0, 0.1) is 5.82 Å². The summed E-state index contributed by atoms with van der Waals surface area (Å²) in [5.74, 6) is -1.47. The van der Waals surface area contributed by atoms with Gasteiger partial charge in [-0.3, -0.25) is 9.59 Å². The van der Waals surface area contributed by atoms with Gasteiger partial charge < -0.3 is 15.4 Å². The van der Waals surface area contributed by atoms with Crippen molar-refractivity contribution in [1.29, 1.82) is 0 Å². The molecule has 0 bridgehead atoms. The third kappa shape index (κ3) is 7.21. The molecule has 3 rings (SSSR count). The van der Waals surface area contributed by atoms with E-state index in [1.807, 2.05) is 19.9 Å². The molecule has 1 heterocycles. The number of nitrogens with one attached hydrogen (secondary N) is 2. The van der Waals surface area contributed by atoms with E-state index in [0.29, 0.717) is 22.4 Å². The second-order valence-corrected chi connectivity index (χ2v) is 11.3. The summed E-state index contributed by atoms with van der Waals surface area (Å²) in [6.07, 6.45) is -0.502. The lowest BCUT2D eigenvalue weighted by Gasteiger charge is -2.24. The number of carbonyl (C=O) groups is 3. The fraction of sp³-hybridized carbons (Fsp3) is 0.423. The van der Waals surface area contributed by atoms with Crippen molar-refractivity contribution in [3.63, 3.8) is 0 Å². The van der Waals surface area contributed by atoms with Gasteiger partial charge in [-0.15, -0.1) is 11.8 Å². The van der Waals surface area contributed by atoms with Crippen LogP contribution in [0.4, 0.5) is 9.18 Å². The Morgan fingerprint density at radius 1 is 1.20 bits per heavy atom. The van der Waals surface area contributed by atoms with Crippen molar-refractivity contribution in [1.82, 2.24) is 10.6 Å². The van der Waals surface area contributed by atoms with E-state index >= 15 is 0 Å². The Labute approximate surface area is 214 Å². The quantitative estimate of drug-likeness (QED) is 0.543. The van der Waals surface area contributed by atoms with Crippen molar-refractivity contribution >= 4 is 41.1 Å². The molecule has 2 amide bonds. The Bertz CT molecular complexity index is 1130. The molecule has 2 atom stereocenters. The summed E-state index contributed by atoms with van der Waals surface area (Å²) in [6, 6.07) is 8.80. The monoisotopic (exact) mass is 520 g/mol. The van der Waals surface area contributed by atoms with E-state index in [1.54, 1.807) is 39.0 Å². The number of halogens is 2. The van der Waals surface area contributed by atoms with Crippen molar-refractivity contribution < 1.29 is 23.5 Å². The molecule has 188 valence electrons. The van der Waals surface area contributed by atoms with Gasteiger partial charge >= 0.3 is 6.09 Å². The number of fused-ring (bicyclic) bond motifs is 1. The average molecular weight is 521 g/mol. The van der Waals surface area contributed by atoms with Crippen LogP contribution < -0.4 is 10.6 Å². The lowest BCUT2D eigenvalue weighted by Crippen LogP contribution is -2.46. The smallest absolute Gasteiger partial charge is 0.408 e. The lowest BCUT2D eigenvalue weighted by atomic mass is 9.85.